The van der Waals surface area contributed by atoms with Crippen LogP contribution in [0, 0.1) is 5.82 Å². The highest BCUT2D eigenvalue weighted by Gasteiger charge is 2.24. The zero-order valence-electron chi connectivity index (χ0n) is 13.0. The van der Waals surface area contributed by atoms with Crippen molar-refractivity contribution in [2.45, 2.75) is 32.5 Å². The minimum atomic E-state index is -0.702. The van der Waals surface area contributed by atoms with Gasteiger partial charge >= 0.3 is 0 Å². The third kappa shape index (κ3) is 4.40. The number of β-amino-alcohol motifs (C(OH)–C–C–N with tert-alkyl or cyclic N) is 1. The van der Waals surface area contributed by atoms with E-state index in [4.69, 9.17) is 0 Å². The van der Waals surface area contributed by atoms with Crippen LogP contribution in [-0.2, 0) is 0 Å². The van der Waals surface area contributed by atoms with E-state index in [1.54, 1.807) is 32.9 Å². The van der Waals surface area contributed by atoms with Crippen molar-refractivity contribution in [3.05, 3.63) is 29.6 Å². The third-order valence-corrected chi connectivity index (χ3v) is 3.78. The average Bonchev–Trinajstić information content (AvgIpc) is 2.38. The Kier molecular flexibility index (Phi) is 4.86. The maximum Gasteiger partial charge on any atom is 0.146 e. The Balaban J connectivity index is 1.99. The molecule has 0 bridgehead atoms. The minimum Gasteiger partial charge on any atom is -0.389 e. The molecule has 1 fully saturated rings. The molecule has 2 N–H and O–H groups in total. The van der Waals surface area contributed by atoms with Gasteiger partial charge in [0.1, 0.15) is 5.82 Å². The van der Waals surface area contributed by atoms with Crippen LogP contribution in [-0.4, -0.2) is 53.4 Å². The molecule has 0 spiro atoms. The Morgan fingerprint density at radius 3 is 2.33 bits per heavy atom. The zero-order valence-corrected chi connectivity index (χ0v) is 13.0. The summed E-state index contributed by atoms with van der Waals surface area (Å²) in [5.74, 6) is -0.288. The van der Waals surface area contributed by atoms with Crippen molar-refractivity contribution >= 4 is 5.69 Å². The highest BCUT2D eigenvalue weighted by Crippen LogP contribution is 2.24. The maximum absolute atomic E-state index is 14.2. The number of hydrogen-bond acceptors (Lipinski definition) is 4. The normalized spacial score (nSPS) is 18.9. The van der Waals surface area contributed by atoms with Crippen LogP contribution in [0.5, 0.6) is 0 Å². The molecular formula is C16H25FN2O2. The summed E-state index contributed by atoms with van der Waals surface area (Å²) in [6.07, 6.45) is -0.655. The third-order valence-electron chi connectivity index (χ3n) is 3.78. The maximum atomic E-state index is 14.2. The van der Waals surface area contributed by atoms with E-state index in [2.05, 4.69) is 4.90 Å². The van der Waals surface area contributed by atoms with E-state index in [9.17, 15) is 14.6 Å². The topological polar surface area (TPSA) is 46.9 Å². The number of benzene rings is 1. The van der Waals surface area contributed by atoms with Gasteiger partial charge < -0.3 is 15.1 Å². The zero-order chi connectivity index (χ0) is 15.6. The molecule has 1 atom stereocenters. The number of aliphatic hydroxyl groups is 2. The average molecular weight is 296 g/mol. The van der Waals surface area contributed by atoms with Gasteiger partial charge in [-0.3, -0.25) is 4.90 Å². The molecule has 0 aliphatic carbocycles. The monoisotopic (exact) mass is 296 g/mol. The van der Waals surface area contributed by atoms with E-state index >= 15 is 0 Å². The number of piperazine rings is 1. The fourth-order valence-electron chi connectivity index (χ4n) is 2.73. The minimum absolute atomic E-state index is 0.288. The molecule has 1 heterocycles. The molecule has 21 heavy (non-hydrogen) atoms. The van der Waals surface area contributed by atoms with Gasteiger partial charge in [-0.1, -0.05) is 6.07 Å². The first-order valence-corrected chi connectivity index (χ1v) is 7.43. The molecule has 1 saturated heterocycles. The molecule has 2 rings (SSSR count). The van der Waals surface area contributed by atoms with Crippen molar-refractivity contribution in [1.29, 1.82) is 0 Å². The lowest BCUT2D eigenvalue weighted by Crippen LogP contribution is -2.50. The van der Waals surface area contributed by atoms with E-state index in [1.807, 2.05) is 4.90 Å². The quantitative estimate of drug-likeness (QED) is 0.889. The second-order valence-electron chi connectivity index (χ2n) is 6.46. The first-order chi connectivity index (χ1) is 9.76. The van der Waals surface area contributed by atoms with Gasteiger partial charge in [-0.05, 0) is 38.5 Å². The Morgan fingerprint density at radius 1 is 1.24 bits per heavy atom. The van der Waals surface area contributed by atoms with Gasteiger partial charge in [0.05, 0.1) is 17.4 Å². The van der Waals surface area contributed by atoms with E-state index in [1.165, 1.54) is 6.07 Å². The van der Waals surface area contributed by atoms with Gasteiger partial charge in [-0.15, -0.1) is 0 Å². The van der Waals surface area contributed by atoms with Crippen molar-refractivity contribution in [3.63, 3.8) is 0 Å². The molecule has 4 nitrogen and oxygen atoms in total. The highest BCUT2D eigenvalue weighted by molar-refractivity contribution is 5.50. The Morgan fingerprint density at radius 2 is 1.86 bits per heavy atom. The molecular weight excluding hydrogens is 271 g/mol. The fourth-order valence-corrected chi connectivity index (χ4v) is 2.73. The summed E-state index contributed by atoms with van der Waals surface area (Å²) in [5, 5.41) is 19.3. The summed E-state index contributed by atoms with van der Waals surface area (Å²) < 4.78 is 14.2. The molecule has 118 valence electrons. The molecule has 1 aromatic carbocycles. The molecule has 0 saturated carbocycles. The summed E-state index contributed by atoms with van der Waals surface area (Å²) >= 11 is 0. The van der Waals surface area contributed by atoms with Crippen LogP contribution in [0.15, 0.2) is 18.2 Å². The van der Waals surface area contributed by atoms with Crippen molar-refractivity contribution in [1.82, 2.24) is 4.90 Å². The van der Waals surface area contributed by atoms with Crippen LogP contribution in [0.3, 0.4) is 0 Å². The first-order valence-electron chi connectivity index (χ1n) is 7.43. The van der Waals surface area contributed by atoms with Crippen LogP contribution >= 0.6 is 0 Å². The lowest BCUT2D eigenvalue weighted by Gasteiger charge is -2.38. The lowest BCUT2D eigenvalue weighted by atomic mass is 10.1. The largest absolute Gasteiger partial charge is 0.389 e. The van der Waals surface area contributed by atoms with Gasteiger partial charge in [-0.25, -0.2) is 4.39 Å². The van der Waals surface area contributed by atoms with Crippen LogP contribution in [0.1, 0.15) is 32.4 Å². The second-order valence-corrected chi connectivity index (χ2v) is 6.46. The van der Waals surface area contributed by atoms with Crippen LogP contribution in [0.4, 0.5) is 10.1 Å². The molecule has 5 heteroatoms. The predicted molar refractivity (Wildman–Crippen MR) is 82.0 cm³/mol. The number of anilines is 1. The SMILES string of the molecule is C[C@@H](O)c1ccc(N2CCN(CC(C)(C)O)CC2)c(F)c1. The smallest absolute Gasteiger partial charge is 0.146 e. The predicted octanol–water partition coefficient (Wildman–Crippen LogP) is 1.77. The van der Waals surface area contributed by atoms with Gasteiger partial charge in [0.2, 0.25) is 0 Å². The first kappa shape index (κ1) is 16.2. The molecule has 0 aromatic heterocycles. The van der Waals surface area contributed by atoms with Gasteiger partial charge in [0, 0.05) is 32.7 Å². The van der Waals surface area contributed by atoms with Crippen molar-refractivity contribution < 1.29 is 14.6 Å². The fraction of sp³-hybridized carbons (Fsp3) is 0.625. The van der Waals surface area contributed by atoms with E-state index in [0.717, 1.165) is 26.2 Å². The number of hydrogen-bond donors (Lipinski definition) is 2. The van der Waals surface area contributed by atoms with Crippen LogP contribution in [0.2, 0.25) is 0 Å². The molecule has 1 aliphatic heterocycles. The molecule has 0 amide bonds. The Hall–Kier alpha value is -1.17. The summed E-state index contributed by atoms with van der Waals surface area (Å²) in [6, 6.07) is 4.92. The van der Waals surface area contributed by atoms with Crippen LogP contribution < -0.4 is 4.90 Å². The molecule has 0 unspecified atom stereocenters. The van der Waals surface area contributed by atoms with Crippen molar-refractivity contribution in [2.24, 2.45) is 0 Å². The molecule has 0 radical (unpaired) electrons. The van der Waals surface area contributed by atoms with E-state index < -0.39 is 11.7 Å². The van der Waals surface area contributed by atoms with Crippen LogP contribution in [0.25, 0.3) is 0 Å². The summed E-state index contributed by atoms with van der Waals surface area (Å²) in [6.45, 7) is 8.95. The number of aliphatic hydroxyl groups excluding tert-OH is 1. The highest BCUT2D eigenvalue weighted by atomic mass is 19.1. The number of rotatable bonds is 4. The molecule has 1 aliphatic rings. The van der Waals surface area contributed by atoms with Gasteiger partial charge in [0.25, 0.3) is 0 Å². The Labute approximate surface area is 125 Å². The summed E-state index contributed by atoms with van der Waals surface area (Å²) in [5.41, 5.74) is 0.478. The van der Waals surface area contributed by atoms with Gasteiger partial charge in [-0.2, -0.15) is 0 Å². The van der Waals surface area contributed by atoms with Crippen molar-refractivity contribution in [2.75, 3.05) is 37.6 Å². The lowest BCUT2D eigenvalue weighted by molar-refractivity contribution is 0.0344. The second kappa shape index (κ2) is 6.30. The Bertz CT molecular complexity index is 478. The van der Waals surface area contributed by atoms with Crippen molar-refractivity contribution in [3.8, 4) is 0 Å². The number of nitrogens with zero attached hydrogens (tertiary/aromatic N) is 2. The standard InChI is InChI=1S/C16H25FN2O2/c1-12(20)13-4-5-15(14(17)10-13)19-8-6-18(7-9-19)11-16(2,3)21/h4-5,10,12,20-21H,6-9,11H2,1-3H3/t12-/m1/s1. The summed E-state index contributed by atoms with van der Waals surface area (Å²) in [7, 11) is 0. The van der Waals surface area contributed by atoms with E-state index in [-0.39, 0.29) is 5.82 Å². The van der Waals surface area contributed by atoms with Gasteiger partial charge in [0.15, 0.2) is 0 Å². The van der Waals surface area contributed by atoms with E-state index in [0.29, 0.717) is 17.8 Å². The molecule has 1 aromatic rings. The summed E-state index contributed by atoms with van der Waals surface area (Å²) in [4.78, 5) is 4.21. The number of halogens is 1.